The van der Waals surface area contributed by atoms with Gasteiger partial charge in [-0.05, 0) is 18.6 Å². The molecule has 0 saturated heterocycles. The Labute approximate surface area is 99.6 Å². The Morgan fingerprint density at radius 1 is 1.29 bits per heavy atom. The number of hydrogen-bond acceptors (Lipinski definition) is 2. The van der Waals surface area contributed by atoms with Crippen LogP contribution in [-0.4, -0.2) is 12.4 Å². The second kappa shape index (κ2) is 6.33. The van der Waals surface area contributed by atoms with E-state index in [0.717, 1.165) is 18.9 Å². The molecule has 0 aliphatic carbocycles. The van der Waals surface area contributed by atoms with E-state index < -0.39 is 11.6 Å². The first-order valence-corrected chi connectivity index (χ1v) is 5.75. The van der Waals surface area contributed by atoms with E-state index in [9.17, 15) is 13.6 Å². The average Bonchev–Trinajstić information content (AvgIpc) is 2.33. The fourth-order valence-electron chi connectivity index (χ4n) is 1.36. The van der Waals surface area contributed by atoms with Gasteiger partial charge in [-0.15, -0.1) is 0 Å². The Hall–Kier alpha value is -1.45. The van der Waals surface area contributed by atoms with Crippen molar-refractivity contribution in [1.82, 2.24) is 0 Å². The Balaban J connectivity index is 2.94. The van der Waals surface area contributed by atoms with Gasteiger partial charge in [-0.3, -0.25) is 4.79 Å². The molecule has 94 valence electrons. The van der Waals surface area contributed by atoms with Crippen LogP contribution in [-0.2, 0) is 0 Å². The number of ether oxygens (including phenoxy) is 1. The highest BCUT2D eigenvalue weighted by Gasteiger charge is 2.15. The van der Waals surface area contributed by atoms with E-state index in [1.54, 1.807) is 6.92 Å². The van der Waals surface area contributed by atoms with Crippen molar-refractivity contribution in [3.05, 3.63) is 29.3 Å². The number of carbonyl (C=O) groups is 1. The van der Waals surface area contributed by atoms with Gasteiger partial charge in [-0.25, -0.2) is 4.39 Å². The molecule has 0 saturated carbocycles. The van der Waals surface area contributed by atoms with Gasteiger partial charge in [0.1, 0.15) is 0 Å². The van der Waals surface area contributed by atoms with Gasteiger partial charge in [0.15, 0.2) is 17.3 Å². The molecule has 0 aliphatic rings. The Morgan fingerprint density at radius 3 is 2.59 bits per heavy atom. The van der Waals surface area contributed by atoms with Gasteiger partial charge < -0.3 is 4.74 Å². The first-order valence-electron chi connectivity index (χ1n) is 5.75. The molecule has 0 amide bonds. The van der Waals surface area contributed by atoms with Gasteiger partial charge in [0.2, 0.25) is 5.82 Å². The Bertz CT molecular complexity index is 403. The second-order valence-corrected chi connectivity index (χ2v) is 3.75. The van der Waals surface area contributed by atoms with Gasteiger partial charge in [0.05, 0.1) is 6.61 Å². The predicted molar refractivity (Wildman–Crippen MR) is 61.4 cm³/mol. The lowest BCUT2D eigenvalue weighted by molar-refractivity contribution is 0.0987. The van der Waals surface area contributed by atoms with Crippen molar-refractivity contribution < 1.29 is 18.3 Å². The maximum absolute atomic E-state index is 13.4. The van der Waals surface area contributed by atoms with Crippen molar-refractivity contribution in [3.8, 4) is 5.75 Å². The van der Waals surface area contributed by atoms with Crippen molar-refractivity contribution in [2.24, 2.45) is 0 Å². The minimum Gasteiger partial charge on any atom is -0.490 e. The number of carbonyl (C=O) groups excluding carboxylic acids is 1. The maximum Gasteiger partial charge on any atom is 0.200 e. The predicted octanol–water partition coefficient (Wildman–Crippen LogP) is 3.74. The largest absolute Gasteiger partial charge is 0.490 e. The number of halogens is 2. The van der Waals surface area contributed by atoms with Crippen LogP contribution in [0.25, 0.3) is 0 Å². The lowest BCUT2D eigenvalue weighted by atomic mass is 10.1. The zero-order valence-corrected chi connectivity index (χ0v) is 10.1. The van der Waals surface area contributed by atoms with Crippen LogP contribution >= 0.6 is 0 Å². The molecule has 0 aliphatic heterocycles. The molecule has 4 heteroatoms. The Morgan fingerprint density at radius 2 is 2.00 bits per heavy atom. The number of rotatable bonds is 6. The SMILES string of the molecule is CCCCOc1cc(C(=O)CC)cc(F)c1F. The average molecular weight is 242 g/mol. The van der Waals surface area contributed by atoms with Crippen LogP contribution in [0.15, 0.2) is 12.1 Å². The van der Waals surface area contributed by atoms with Gasteiger partial charge in [0, 0.05) is 12.0 Å². The topological polar surface area (TPSA) is 26.3 Å². The van der Waals surface area contributed by atoms with Crippen molar-refractivity contribution in [2.75, 3.05) is 6.61 Å². The van der Waals surface area contributed by atoms with E-state index in [1.165, 1.54) is 6.07 Å². The smallest absolute Gasteiger partial charge is 0.200 e. The summed E-state index contributed by atoms with van der Waals surface area (Å²) in [5.74, 6) is -2.50. The van der Waals surface area contributed by atoms with Crippen LogP contribution in [0, 0.1) is 11.6 Å². The van der Waals surface area contributed by atoms with Crippen LogP contribution in [0.4, 0.5) is 8.78 Å². The molecule has 1 rings (SSSR count). The lowest BCUT2D eigenvalue weighted by Crippen LogP contribution is -2.04. The molecule has 0 radical (unpaired) electrons. The van der Waals surface area contributed by atoms with Crippen molar-refractivity contribution in [2.45, 2.75) is 33.1 Å². The molecule has 2 nitrogen and oxygen atoms in total. The first-order chi connectivity index (χ1) is 8.10. The summed E-state index contributed by atoms with van der Waals surface area (Å²) >= 11 is 0. The van der Waals surface area contributed by atoms with E-state index in [1.807, 2.05) is 6.92 Å². The summed E-state index contributed by atoms with van der Waals surface area (Å²) in [6.45, 7) is 3.95. The van der Waals surface area contributed by atoms with Gasteiger partial charge in [-0.2, -0.15) is 4.39 Å². The van der Waals surface area contributed by atoms with E-state index in [4.69, 9.17) is 4.74 Å². The second-order valence-electron chi connectivity index (χ2n) is 3.75. The van der Waals surface area contributed by atoms with Crippen molar-refractivity contribution in [1.29, 1.82) is 0 Å². The lowest BCUT2D eigenvalue weighted by Gasteiger charge is -2.09. The maximum atomic E-state index is 13.4. The van der Waals surface area contributed by atoms with Crippen LogP contribution < -0.4 is 4.74 Å². The summed E-state index contributed by atoms with van der Waals surface area (Å²) in [6.07, 6.45) is 1.91. The molecule has 0 N–H and O–H groups in total. The summed E-state index contributed by atoms with van der Waals surface area (Å²) < 4.78 is 31.7. The van der Waals surface area contributed by atoms with Crippen molar-refractivity contribution in [3.63, 3.8) is 0 Å². The molecule has 0 fully saturated rings. The third kappa shape index (κ3) is 3.51. The summed E-state index contributed by atoms with van der Waals surface area (Å²) in [6, 6.07) is 2.17. The number of ketones is 1. The molecule has 0 aromatic heterocycles. The number of Topliss-reactive ketones (excluding diaryl/α,β-unsaturated/α-hetero) is 1. The highest BCUT2D eigenvalue weighted by molar-refractivity contribution is 5.96. The van der Waals surface area contributed by atoms with E-state index in [2.05, 4.69) is 0 Å². The number of unbranched alkanes of at least 4 members (excludes halogenated alkanes) is 1. The van der Waals surface area contributed by atoms with Gasteiger partial charge in [0.25, 0.3) is 0 Å². The van der Waals surface area contributed by atoms with Crippen LogP contribution in [0.1, 0.15) is 43.5 Å². The molecule has 0 spiro atoms. The standard InChI is InChI=1S/C13H16F2O2/c1-3-5-6-17-12-8-9(11(16)4-2)7-10(14)13(12)15/h7-8H,3-6H2,1-2H3. The third-order valence-electron chi connectivity index (χ3n) is 2.39. The molecule has 0 bridgehead atoms. The first kappa shape index (κ1) is 13.6. The molecule has 1 aromatic carbocycles. The summed E-state index contributed by atoms with van der Waals surface area (Å²) in [5, 5.41) is 0. The Kier molecular flexibility index (Phi) is 5.07. The normalized spacial score (nSPS) is 10.4. The molecular weight excluding hydrogens is 226 g/mol. The van der Waals surface area contributed by atoms with E-state index in [-0.39, 0.29) is 23.5 Å². The number of benzene rings is 1. The zero-order valence-electron chi connectivity index (χ0n) is 10.1. The van der Waals surface area contributed by atoms with Gasteiger partial charge in [-0.1, -0.05) is 20.3 Å². The van der Waals surface area contributed by atoms with Gasteiger partial charge >= 0.3 is 0 Å². The van der Waals surface area contributed by atoms with Crippen molar-refractivity contribution >= 4 is 5.78 Å². The van der Waals surface area contributed by atoms with Crippen LogP contribution in [0.3, 0.4) is 0 Å². The molecular formula is C13H16F2O2. The van der Waals surface area contributed by atoms with E-state index >= 15 is 0 Å². The molecule has 0 atom stereocenters. The minimum absolute atomic E-state index is 0.151. The molecule has 0 unspecified atom stereocenters. The van der Waals surface area contributed by atoms with Crippen LogP contribution in [0.5, 0.6) is 5.75 Å². The number of hydrogen-bond donors (Lipinski definition) is 0. The zero-order chi connectivity index (χ0) is 12.8. The summed E-state index contributed by atoms with van der Waals surface area (Å²) in [5.41, 5.74) is 0.151. The van der Waals surface area contributed by atoms with E-state index in [0.29, 0.717) is 6.61 Å². The summed E-state index contributed by atoms with van der Waals surface area (Å²) in [4.78, 5) is 11.4. The molecule has 0 heterocycles. The highest BCUT2D eigenvalue weighted by atomic mass is 19.2. The highest BCUT2D eigenvalue weighted by Crippen LogP contribution is 2.23. The monoisotopic (exact) mass is 242 g/mol. The summed E-state index contributed by atoms with van der Waals surface area (Å²) in [7, 11) is 0. The van der Waals surface area contributed by atoms with Crippen LogP contribution in [0.2, 0.25) is 0 Å². The quantitative estimate of drug-likeness (QED) is 0.561. The third-order valence-corrected chi connectivity index (χ3v) is 2.39. The molecule has 17 heavy (non-hydrogen) atoms. The fourth-order valence-corrected chi connectivity index (χ4v) is 1.36. The fraction of sp³-hybridized carbons (Fsp3) is 0.462. The minimum atomic E-state index is -1.05. The molecule has 1 aromatic rings.